The third kappa shape index (κ3) is 4.85. The maximum atomic E-state index is 13.8. The van der Waals surface area contributed by atoms with Crippen molar-refractivity contribution >= 4 is 51.2 Å². The minimum Gasteiger partial charge on any atom is -0.378 e. The van der Waals surface area contributed by atoms with Crippen LogP contribution in [0.4, 0.5) is 21.5 Å². The molecule has 1 aromatic heterocycles. The Morgan fingerprint density at radius 3 is 2.69 bits per heavy atom. The number of fused-ring (bicyclic) bond motifs is 2. The van der Waals surface area contributed by atoms with Crippen molar-refractivity contribution in [2.45, 2.75) is 25.2 Å². The Kier molecular flexibility index (Phi) is 6.98. The minimum atomic E-state index is -0.529. The number of nitrogens with zero attached hydrogens (tertiary/aromatic N) is 3. The van der Waals surface area contributed by atoms with Gasteiger partial charge in [-0.2, -0.15) is 10.8 Å². The SMILES string of the molecule is N#Cc1cnc2c(Cl)cc(N[C@H](C3=CNNN3)c3cccc4c3CN(C3COC3)C4)cc2c1Nc1ccc(F)c(Cl)c1. The monoisotopic (exact) mass is 602 g/mol. The van der Waals surface area contributed by atoms with Crippen molar-refractivity contribution in [2.24, 2.45) is 0 Å². The van der Waals surface area contributed by atoms with Gasteiger partial charge in [-0.25, -0.2) is 4.39 Å². The van der Waals surface area contributed by atoms with Gasteiger partial charge in [-0.3, -0.25) is 9.88 Å². The van der Waals surface area contributed by atoms with Crippen molar-refractivity contribution in [2.75, 3.05) is 23.8 Å². The average Bonchev–Trinajstić information content (AvgIpc) is 3.64. The molecule has 1 fully saturated rings. The van der Waals surface area contributed by atoms with E-state index in [1.165, 1.54) is 29.5 Å². The summed E-state index contributed by atoms with van der Waals surface area (Å²) in [6.07, 6.45) is 3.35. The molecule has 3 aliphatic rings. The molecule has 7 rings (SSSR count). The lowest BCUT2D eigenvalue weighted by Crippen LogP contribution is -2.46. The number of hydrazine groups is 2. The third-order valence-electron chi connectivity index (χ3n) is 7.85. The fourth-order valence-corrected chi connectivity index (χ4v) is 6.07. The van der Waals surface area contributed by atoms with Gasteiger partial charge in [0.25, 0.3) is 0 Å². The first-order chi connectivity index (χ1) is 20.5. The average molecular weight is 603 g/mol. The van der Waals surface area contributed by atoms with Crippen molar-refractivity contribution in [3.05, 3.63) is 105 Å². The van der Waals surface area contributed by atoms with Crippen LogP contribution in [-0.4, -0.2) is 29.1 Å². The summed E-state index contributed by atoms with van der Waals surface area (Å²) >= 11 is 12.8. The van der Waals surface area contributed by atoms with E-state index in [9.17, 15) is 9.65 Å². The van der Waals surface area contributed by atoms with Crippen LogP contribution in [0.25, 0.3) is 10.9 Å². The predicted octanol–water partition coefficient (Wildman–Crippen LogP) is 5.62. The number of halogens is 3. The molecule has 0 bridgehead atoms. The van der Waals surface area contributed by atoms with E-state index < -0.39 is 5.82 Å². The number of nitrogens with one attached hydrogen (secondary N) is 5. The van der Waals surface area contributed by atoms with Crippen LogP contribution in [0.2, 0.25) is 10.0 Å². The van der Waals surface area contributed by atoms with Crippen molar-refractivity contribution in [3.8, 4) is 6.07 Å². The summed E-state index contributed by atoms with van der Waals surface area (Å²) in [5.74, 6) is -0.529. The summed E-state index contributed by atoms with van der Waals surface area (Å²) in [5, 5.41) is 17.8. The molecule has 4 aromatic rings. The van der Waals surface area contributed by atoms with Crippen molar-refractivity contribution in [3.63, 3.8) is 0 Å². The predicted molar refractivity (Wildman–Crippen MR) is 160 cm³/mol. The number of ether oxygens (including phenoxy) is 1. The first-order valence-corrected chi connectivity index (χ1v) is 14.1. The van der Waals surface area contributed by atoms with E-state index in [1.807, 2.05) is 18.3 Å². The maximum absolute atomic E-state index is 13.8. The molecule has 0 unspecified atom stereocenters. The van der Waals surface area contributed by atoms with Gasteiger partial charge in [-0.15, -0.1) is 0 Å². The maximum Gasteiger partial charge on any atom is 0.141 e. The molecule has 0 radical (unpaired) electrons. The highest BCUT2D eigenvalue weighted by Crippen LogP contribution is 2.39. The van der Waals surface area contributed by atoms with Gasteiger partial charge in [0.1, 0.15) is 11.9 Å². The Labute approximate surface area is 251 Å². The summed E-state index contributed by atoms with van der Waals surface area (Å²) in [5.41, 5.74) is 16.4. The molecule has 0 amide bonds. The Bertz CT molecular complexity index is 1790. The van der Waals surface area contributed by atoms with E-state index in [-0.39, 0.29) is 11.1 Å². The van der Waals surface area contributed by atoms with Crippen LogP contribution in [0.1, 0.15) is 28.3 Å². The minimum absolute atomic E-state index is 0.0292. The quantitative estimate of drug-likeness (QED) is 0.184. The van der Waals surface area contributed by atoms with Gasteiger partial charge < -0.3 is 26.2 Å². The Morgan fingerprint density at radius 1 is 1.10 bits per heavy atom. The van der Waals surface area contributed by atoms with Crippen LogP contribution in [0.3, 0.4) is 0 Å². The van der Waals surface area contributed by atoms with Gasteiger partial charge in [-0.1, -0.05) is 41.4 Å². The number of benzene rings is 3. The highest BCUT2D eigenvalue weighted by Gasteiger charge is 2.34. The lowest BCUT2D eigenvalue weighted by atomic mass is 9.95. The van der Waals surface area contributed by atoms with E-state index in [0.29, 0.717) is 38.9 Å². The molecule has 3 aliphatic heterocycles. The second-order valence-corrected chi connectivity index (χ2v) is 11.2. The smallest absolute Gasteiger partial charge is 0.141 e. The van der Waals surface area contributed by atoms with Crippen LogP contribution in [0.15, 0.2) is 66.6 Å². The van der Waals surface area contributed by atoms with Gasteiger partial charge in [0.15, 0.2) is 0 Å². The van der Waals surface area contributed by atoms with Crippen LogP contribution in [0.5, 0.6) is 0 Å². The van der Waals surface area contributed by atoms with Gasteiger partial charge in [0, 0.05) is 42.2 Å². The number of nitriles is 1. The second-order valence-electron chi connectivity index (χ2n) is 10.4. The standard InChI is InChI=1S/C30H25Cl2FN8O/c31-24-7-18(4-5-26(24)33)37-28-17(9-34)10-35-29-22(28)6-19(8-25(29)32)38-30(27-11-36-40-39-27)21-3-1-2-16-12-41(13-23(16)21)20-14-42-15-20/h1-8,10-11,20,30,36,38-40H,12-15H2,(H,35,37)/t30-/m0/s1. The Morgan fingerprint density at radius 2 is 1.95 bits per heavy atom. The molecule has 3 aromatic carbocycles. The normalized spacial score (nSPS) is 17.0. The molecule has 1 atom stereocenters. The van der Waals surface area contributed by atoms with Gasteiger partial charge >= 0.3 is 0 Å². The van der Waals surface area contributed by atoms with Crippen molar-refractivity contribution in [1.82, 2.24) is 26.3 Å². The van der Waals surface area contributed by atoms with Gasteiger partial charge in [0.2, 0.25) is 0 Å². The number of hydrogen-bond donors (Lipinski definition) is 5. The van der Waals surface area contributed by atoms with Crippen LogP contribution < -0.4 is 27.0 Å². The highest BCUT2D eigenvalue weighted by atomic mass is 35.5. The molecule has 42 heavy (non-hydrogen) atoms. The van der Waals surface area contributed by atoms with E-state index in [4.69, 9.17) is 27.9 Å². The molecule has 4 heterocycles. The first kappa shape index (κ1) is 26.8. The van der Waals surface area contributed by atoms with E-state index in [0.717, 1.165) is 43.3 Å². The molecule has 5 N–H and O–H groups in total. The molecular formula is C30H25Cl2FN8O. The Hall–Kier alpha value is -4.11. The molecule has 1 saturated heterocycles. The summed E-state index contributed by atoms with van der Waals surface area (Å²) in [6.45, 7) is 3.26. The first-order valence-electron chi connectivity index (χ1n) is 13.4. The highest BCUT2D eigenvalue weighted by molar-refractivity contribution is 6.36. The molecule has 12 heteroatoms. The Balaban J connectivity index is 1.29. The zero-order chi connectivity index (χ0) is 28.8. The molecule has 9 nitrogen and oxygen atoms in total. The van der Waals surface area contributed by atoms with E-state index >= 15 is 0 Å². The zero-order valence-electron chi connectivity index (χ0n) is 22.1. The fraction of sp³-hybridized carbons (Fsp3) is 0.200. The van der Waals surface area contributed by atoms with Crippen LogP contribution in [0, 0.1) is 17.1 Å². The largest absolute Gasteiger partial charge is 0.378 e. The van der Waals surface area contributed by atoms with E-state index in [2.05, 4.69) is 61.2 Å². The van der Waals surface area contributed by atoms with Crippen molar-refractivity contribution < 1.29 is 9.13 Å². The molecule has 0 saturated carbocycles. The topological polar surface area (TPSA) is 109 Å². The molecule has 0 spiro atoms. The van der Waals surface area contributed by atoms with Gasteiger partial charge in [0.05, 0.1) is 57.8 Å². The molecule has 0 aliphatic carbocycles. The summed E-state index contributed by atoms with van der Waals surface area (Å²) < 4.78 is 19.3. The summed E-state index contributed by atoms with van der Waals surface area (Å²) in [6, 6.07) is 16.8. The van der Waals surface area contributed by atoms with Crippen LogP contribution in [-0.2, 0) is 17.8 Å². The summed E-state index contributed by atoms with van der Waals surface area (Å²) in [4.78, 5) is 6.92. The number of rotatable bonds is 7. The fourth-order valence-electron chi connectivity index (χ4n) is 5.62. The number of pyridine rings is 1. The second kappa shape index (κ2) is 10.9. The lowest BCUT2D eigenvalue weighted by Gasteiger charge is -2.34. The van der Waals surface area contributed by atoms with Crippen molar-refractivity contribution in [1.29, 1.82) is 5.26 Å². The number of hydrogen-bond acceptors (Lipinski definition) is 9. The molecular weight excluding hydrogens is 578 g/mol. The lowest BCUT2D eigenvalue weighted by molar-refractivity contribution is -0.0670. The third-order valence-corrected chi connectivity index (χ3v) is 8.43. The van der Waals surface area contributed by atoms with Crippen LogP contribution >= 0.6 is 23.2 Å². The molecule has 212 valence electrons. The number of anilines is 3. The van der Waals surface area contributed by atoms with E-state index in [1.54, 1.807) is 6.07 Å². The van der Waals surface area contributed by atoms with Gasteiger partial charge in [-0.05, 0) is 47.0 Å². The number of aromatic nitrogens is 1. The summed E-state index contributed by atoms with van der Waals surface area (Å²) in [7, 11) is 0. The zero-order valence-corrected chi connectivity index (χ0v) is 23.7.